The number of nitrogens with two attached hydrogens (primary N) is 1. The number of nitrogens with zero attached hydrogens (tertiary/aromatic N) is 2. The lowest BCUT2D eigenvalue weighted by Gasteiger charge is -2.28. The highest BCUT2D eigenvalue weighted by Gasteiger charge is 2.33. The van der Waals surface area contributed by atoms with Crippen LogP contribution < -0.4 is 5.73 Å². The highest BCUT2D eigenvalue weighted by atomic mass is 15.1. The van der Waals surface area contributed by atoms with Gasteiger partial charge in [0.05, 0.1) is 17.4 Å². The van der Waals surface area contributed by atoms with Crippen molar-refractivity contribution in [3.8, 4) is 0 Å². The standard InChI is InChI=1S/C14H25N3/c1-4-12-6-5-8-14(15,9-7-12)13-10-16-11(2)17(13)3/h10,12H,4-9,15H2,1-3H3. The van der Waals surface area contributed by atoms with Crippen molar-refractivity contribution >= 4 is 0 Å². The smallest absolute Gasteiger partial charge is 0.105 e. The first-order valence-electron chi connectivity index (χ1n) is 6.84. The zero-order valence-corrected chi connectivity index (χ0v) is 11.4. The lowest BCUT2D eigenvalue weighted by molar-refractivity contribution is 0.353. The molecule has 0 amide bonds. The third-order valence-electron chi connectivity index (χ3n) is 4.54. The Morgan fingerprint density at radius 3 is 2.82 bits per heavy atom. The molecular weight excluding hydrogens is 210 g/mol. The van der Waals surface area contributed by atoms with Gasteiger partial charge in [-0.05, 0) is 32.1 Å². The molecule has 3 nitrogen and oxygen atoms in total. The fourth-order valence-electron chi connectivity index (χ4n) is 3.07. The van der Waals surface area contributed by atoms with Crippen LogP contribution in [0, 0.1) is 12.8 Å². The van der Waals surface area contributed by atoms with Crippen molar-refractivity contribution in [2.24, 2.45) is 18.7 Å². The van der Waals surface area contributed by atoms with E-state index in [9.17, 15) is 0 Å². The summed E-state index contributed by atoms with van der Waals surface area (Å²) >= 11 is 0. The molecular formula is C14H25N3. The summed E-state index contributed by atoms with van der Waals surface area (Å²) in [5.74, 6) is 1.93. The Labute approximate surface area is 104 Å². The molecule has 96 valence electrons. The van der Waals surface area contributed by atoms with Gasteiger partial charge < -0.3 is 10.3 Å². The van der Waals surface area contributed by atoms with Gasteiger partial charge >= 0.3 is 0 Å². The molecule has 2 unspecified atom stereocenters. The van der Waals surface area contributed by atoms with Gasteiger partial charge in [-0.2, -0.15) is 0 Å². The van der Waals surface area contributed by atoms with Crippen LogP contribution in [0.5, 0.6) is 0 Å². The van der Waals surface area contributed by atoms with Crippen LogP contribution in [-0.2, 0) is 12.6 Å². The zero-order chi connectivity index (χ0) is 12.5. The molecule has 1 aromatic rings. The van der Waals surface area contributed by atoms with Gasteiger partial charge in [-0.25, -0.2) is 4.98 Å². The van der Waals surface area contributed by atoms with Crippen molar-refractivity contribution < 1.29 is 0 Å². The summed E-state index contributed by atoms with van der Waals surface area (Å²) in [5, 5.41) is 0. The largest absolute Gasteiger partial charge is 0.334 e. The molecule has 0 radical (unpaired) electrons. The normalized spacial score (nSPS) is 30.2. The van der Waals surface area contributed by atoms with E-state index in [1.807, 2.05) is 13.1 Å². The van der Waals surface area contributed by atoms with Crippen LogP contribution in [0.15, 0.2) is 6.20 Å². The van der Waals surface area contributed by atoms with Gasteiger partial charge in [-0.15, -0.1) is 0 Å². The van der Waals surface area contributed by atoms with E-state index in [2.05, 4.69) is 23.5 Å². The van der Waals surface area contributed by atoms with Crippen molar-refractivity contribution in [2.75, 3.05) is 0 Å². The fourth-order valence-corrected chi connectivity index (χ4v) is 3.07. The van der Waals surface area contributed by atoms with E-state index in [-0.39, 0.29) is 5.54 Å². The van der Waals surface area contributed by atoms with Crippen molar-refractivity contribution in [1.29, 1.82) is 0 Å². The monoisotopic (exact) mass is 235 g/mol. The van der Waals surface area contributed by atoms with Gasteiger partial charge in [0.15, 0.2) is 0 Å². The third-order valence-corrected chi connectivity index (χ3v) is 4.54. The SMILES string of the molecule is CCC1CCCC(N)(c2cnc(C)n2C)CC1. The average Bonchev–Trinajstić information content (AvgIpc) is 2.54. The molecule has 1 aliphatic carbocycles. The molecule has 2 N–H and O–H groups in total. The van der Waals surface area contributed by atoms with Crippen LogP contribution in [0.4, 0.5) is 0 Å². The van der Waals surface area contributed by atoms with E-state index in [0.29, 0.717) is 0 Å². The Balaban J connectivity index is 2.21. The summed E-state index contributed by atoms with van der Waals surface area (Å²) in [4.78, 5) is 4.39. The van der Waals surface area contributed by atoms with Gasteiger partial charge in [-0.3, -0.25) is 0 Å². The Hall–Kier alpha value is -0.830. The van der Waals surface area contributed by atoms with Gasteiger partial charge in [0.25, 0.3) is 0 Å². The van der Waals surface area contributed by atoms with Crippen molar-refractivity contribution in [3.63, 3.8) is 0 Å². The van der Waals surface area contributed by atoms with Gasteiger partial charge in [-0.1, -0.05) is 26.2 Å². The van der Waals surface area contributed by atoms with E-state index in [4.69, 9.17) is 5.73 Å². The van der Waals surface area contributed by atoms with Gasteiger partial charge in [0, 0.05) is 7.05 Å². The minimum atomic E-state index is -0.153. The Bertz CT molecular complexity index is 383. The van der Waals surface area contributed by atoms with Crippen LogP contribution in [0.25, 0.3) is 0 Å². The first kappa shape index (κ1) is 12.6. The molecule has 0 saturated heterocycles. The molecule has 0 spiro atoms. The maximum Gasteiger partial charge on any atom is 0.105 e. The molecule has 2 rings (SSSR count). The highest BCUT2D eigenvalue weighted by Crippen LogP contribution is 2.36. The number of imidazole rings is 1. The van der Waals surface area contributed by atoms with Crippen LogP contribution in [0.1, 0.15) is 57.0 Å². The zero-order valence-electron chi connectivity index (χ0n) is 11.4. The van der Waals surface area contributed by atoms with E-state index in [1.165, 1.54) is 31.4 Å². The van der Waals surface area contributed by atoms with E-state index in [0.717, 1.165) is 24.6 Å². The number of aryl methyl sites for hydroxylation is 1. The lowest BCUT2D eigenvalue weighted by Crippen LogP contribution is -2.38. The van der Waals surface area contributed by atoms with E-state index in [1.54, 1.807) is 0 Å². The molecule has 17 heavy (non-hydrogen) atoms. The minimum absolute atomic E-state index is 0.153. The number of hydrogen-bond acceptors (Lipinski definition) is 2. The quantitative estimate of drug-likeness (QED) is 0.801. The second-order valence-electron chi connectivity index (χ2n) is 5.61. The fraction of sp³-hybridized carbons (Fsp3) is 0.786. The molecule has 1 aliphatic rings. The number of aromatic nitrogens is 2. The van der Waals surface area contributed by atoms with Crippen LogP contribution in [-0.4, -0.2) is 9.55 Å². The topological polar surface area (TPSA) is 43.8 Å². The van der Waals surface area contributed by atoms with Crippen molar-refractivity contribution in [2.45, 2.75) is 57.9 Å². The Kier molecular flexibility index (Phi) is 3.57. The first-order chi connectivity index (χ1) is 8.07. The highest BCUT2D eigenvalue weighted by molar-refractivity contribution is 5.16. The first-order valence-corrected chi connectivity index (χ1v) is 6.84. The summed E-state index contributed by atoms with van der Waals surface area (Å²) in [5.41, 5.74) is 7.71. The van der Waals surface area contributed by atoms with E-state index < -0.39 is 0 Å². The maximum absolute atomic E-state index is 6.65. The Morgan fingerprint density at radius 1 is 1.47 bits per heavy atom. The molecule has 0 bridgehead atoms. The maximum atomic E-state index is 6.65. The van der Waals surface area contributed by atoms with Crippen LogP contribution >= 0.6 is 0 Å². The van der Waals surface area contributed by atoms with Crippen LogP contribution in [0.3, 0.4) is 0 Å². The van der Waals surface area contributed by atoms with Crippen LogP contribution in [0.2, 0.25) is 0 Å². The van der Waals surface area contributed by atoms with E-state index >= 15 is 0 Å². The molecule has 3 heteroatoms. The number of rotatable bonds is 2. The molecule has 0 aliphatic heterocycles. The van der Waals surface area contributed by atoms with Crippen molar-refractivity contribution in [3.05, 3.63) is 17.7 Å². The Morgan fingerprint density at radius 2 is 2.24 bits per heavy atom. The molecule has 0 aromatic carbocycles. The summed E-state index contributed by atoms with van der Waals surface area (Å²) < 4.78 is 2.16. The summed E-state index contributed by atoms with van der Waals surface area (Å²) in [6.45, 7) is 4.33. The number of hydrogen-bond donors (Lipinski definition) is 1. The summed E-state index contributed by atoms with van der Waals surface area (Å²) in [7, 11) is 2.08. The summed E-state index contributed by atoms with van der Waals surface area (Å²) in [6.07, 6.45) is 9.32. The minimum Gasteiger partial charge on any atom is -0.334 e. The van der Waals surface area contributed by atoms with Gasteiger partial charge in [0.1, 0.15) is 5.82 Å². The average molecular weight is 235 g/mol. The summed E-state index contributed by atoms with van der Waals surface area (Å²) in [6, 6.07) is 0. The predicted octanol–water partition coefficient (Wildman–Crippen LogP) is 2.87. The second-order valence-corrected chi connectivity index (χ2v) is 5.61. The predicted molar refractivity (Wildman–Crippen MR) is 70.7 cm³/mol. The second kappa shape index (κ2) is 4.81. The van der Waals surface area contributed by atoms with Gasteiger partial charge in [0.2, 0.25) is 0 Å². The molecule has 1 saturated carbocycles. The molecule has 1 aromatic heterocycles. The lowest BCUT2D eigenvalue weighted by atomic mass is 9.87. The molecule has 2 atom stereocenters. The molecule has 1 heterocycles. The van der Waals surface area contributed by atoms with Crippen molar-refractivity contribution in [1.82, 2.24) is 9.55 Å². The molecule has 1 fully saturated rings. The third kappa shape index (κ3) is 2.39.